The molecule has 2 aromatic rings. The van der Waals surface area contributed by atoms with Crippen LogP contribution >= 0.6 is 0 Å². The van der Waals surface area contributed by atoms with Gasteiger partial charge in [-0.05, 0) is 24.3 Å². The summed E-state index contributed by atoms with van der Waals surface area (Å²) in [5.74, 6) is 0. The third-order valence-electron chi connectivity index (χ3n) is 5.02. The minimum absolute atomic E-state index is 0.107. The molecule has 0 N–H and O–H groups in total. The molecule has 5 nitrogen and oxygen atoms in total. The summed E-state index contributed by atoms with van der Waals surface area (Å²) in [5, 5.41) is 3.98. The molecule has 0 radical (unpaired) electrons. The zero-order valence-corrected chi connectivity index (χ0v) is 15.5. The Kier molecular flexibility index (Phi) is 4.56. The Morgan fingerprint density at radius 1 is 1.14 bits per heavy atom. The van der Waals surface area contributed by atoms with Gasteiger partial charge in [-0.1, -0.05) is 39.7 Å². The molecule has 2 aliphatic heterocycles. The Hall–Kier alpha value is -2.23. The molecular formula is C19H17F3N2O3S. The third kappa shape index (κ3) is 3.45. The zero-order chi connectivity index (χ0) is 20.0. The fourth-order valence-corrected chi connectivity index (χ4v) is 5.06. The number of halogens is 3. The maximum absolute atomic E-state index is 12.9. The monoisotopic (exact) mass is 410 g/mol. The first-order valence-electron chi connectivity index (χ1n) is 8.68. The molecule has 2 unspecified atom stereocenters. The van der Waals surface area contributed by atoms with E-state index < -0.39 is 27.7 Å². The summed E-state index contributed by atoms with van der Waals surface area (Å²) in [6.07, 6.45) is -3.76. The summed E-state index contributed by atoms with van der Waals surface area (Å²) in [6.45, 7) is 0.374. The maximum atomic E-state index is 12.9. The van der Waals surface area contributed by atoms with Crippen molar-refractivity contribution in [2.24, 2.45) is 5.16 Å². The smallest absolute Gasteiger partial charge is 0.416 e. The SMILES string of the molecule is O=[S+]([O-])(c1ccccc1)N1CCC2(CC(c3cccc(C(F)(F)F)c3)=NO2)C1. The van der Waals surface area contributed by atoms with E-state index in [9.17, 15) is 21.9 Å². The van der Waals surface area contributed by atoms with Gasteiger partial charge >= 0.3 is 6.18 Å². The standard InChI is InChI=1S/C19H17F3N2O3S/c20-19(21,22)15-6-4-5-14(11-15)17-12-18(27-23-17)9-10-24(13-18)28(25,26)16-7-2-1-3-8-16/h1-8,11H,9-10,12-13H2. The van der Waals surface area contributed by atoms with E-state index in [1.54, 1.807) is 24.3 Å². The number of alkyl halides is 3. The van der Waals surface area contributed by atoms with Gasteiger partial charge in [0.05, 0.1) is 17.8 Å². The first kappa shape index (κ1) is 19.1. The fourth-order valence-electron chi connectivity index (χ4n) is 3.52. The highest BCUT2D eigenvalue weighted by atomic mass is 32.3. The van der Waals surface area contributed by atoms with Crippen molar-refractivity contribution in [3.63, 3.8) is 0 Å². The summed E-state index contributed by atoms with van der Waals surface area (Å²) in [5.41, 5.74) is -0.875. The average molecular weight is 410 g/mol. The molecule has 2 atom stereocenters. The molecule has 0 bridgehead atoms. The Labute approximate surface area is 161 Å². The summed E-state index contributed by atoms with van der Waals surface area (Å²) in [6, 6.07) is 13.0. The summed E-state index contributed by atoms with van der Waals surface area (Å²) >= 11 is 0. The Morgan fingerprint density at radius 3 is 2.61 bits per heavy atom. The van der Waals surface area contributed by atoms with Crippen LogP contribution in [0, 0.1) is 0 Å². The van der Waals surface area contributed by atoms with Crippen LogP contribution in [-0.2, 0) is 25.6 Å². The van der Waals surface area contributed by atoms with Crippen molar-refractivity contribution in [3.05, 3.63) is 65.7 Å². The van der Waals surface area contributed by atoms with Gasteiger partial charge in [-0.3, -0.25) is 0 Å². The first-order chi connectivity index (χ1) is 13.2. The molecule has 1 saturated heterocycles. The van der Waals surface area contributed by atoms with E-state index in [-0.39, 0.29) is 24.4 Å². The van der Waals surface area contributed by atoms with E-state index in [1.165, 1.54) is 22.5 Å². The Balaban J connectivity index is 1.51. The van der Waals surface area contributed by atoms with Crippen LogP contribution in [0.15, 0.2) is 64.6 Å². The van der Waals surface area contributed by atoms with Gasteiger partial charge in [0, 0.05) is 24.9 Å². The van der Waals surface area contributed by atoms with E-state index in [2.05, 4.69) is 5.16 Å². The molecule has 0 aliphatic carbocycles. The highest BCUT2D eigenvalue weighted by Crippen LogP contribution is 2.39. The third-order valence-corrected chi connectivity index (χ3v) is 6.88. The first-order valence-corrected chi connectivity index (χ1v) is 10.1. The second-order valence-electron chi connectivity index (χ2n) is 6.97. The van der Waals surface area contributed by atoms with Crippen molar-refractivity contribution < 1.29 is 26.8 Å². The molecule has 28 heavy (non-hydrogen) atoms. The van der Waals surface area contributed by atoms with Crippen molar-refractivity contribution in [3.8, 4) is 0 Å². The molecule has 0 aromatic heterocycles. The second kappa shape index (κ2) is 6.68. The van der Waals surface area contributed by atoms with Crippen LogP contribution < -0.4 is 0 Å². The fraction of sp³-hybridized carbons (Fsp3) is 0.316. The molecular weight excluding hydrogens is 393 g/mol. The van der Waals surface area contributed by atoms with Crippen LogP contribution in [-0.4, -0.2) is 33.3 Å². The molecule has 148 valence electrons. The largest absolute Gasteiger partial charge is 0.593 e. The van der Waals surface area contributed by atoms with Gasteiger partial charge in [0.2, 0.25) is 0 Å². The number of rotatable bonds is 3. The highest BCUT2D eigenvalue weighted by Gasteiger charge is 2.51. The van der Waals surface area contributed by atoms with Crippen LogP contribution in [0.2, 0.25) is 0 Å². The number of sulfonamides is 1. The zero-order valence-electron chi connectivity index (χ0n) is 14.7. The second-order valence-corrected chi connectivity index (χ2v) is 8.91. The van der Waals surface area contributed by atoms with Crippen LogP contribution in [0.3, 0.4) is 0 Å². The lowest BCUT2D eigenvalue weighted by atomic mass is 9.93. The lowest BCUT2D eigenvalue weighted by Crippen LogP contribution is -2.39. The number of nitrogens with zero attached hydrogens (tertiary/aromatic N) is 2. The summed E-state index contributed by atoms with van der Waals surface area (Å²) in [7, 11) is -3.66. The van der Waals surface area contributed by atoms with Gasteiger partial charge < -0.3 is 9.39 Å². The summed E-state index contributed by atoms with van der Waals surface area (Å²) in [4.78, 5) is 5.75. The Morgan fingerprint density at radius 2 is 1.89 bits per heavy atom. The summed E-state index contributed by atoms with van der Waals surface area (Å²) < 4.78 is 65.8. The lowest BCUT2D eigenvalue weighted by Gasteiger charge is -2.25. The molecule has 1 fully saturated rings. The van der Waals surface area contributed by atoms with Gasteiger partial charge in [-0.2, -0.15) is 13.2 Å². The predicted octanol–water partition coefficient (Wildman–Crippen LogP) is 3.88. The molecule has 2 aliphatic rings. The van der Waals surface area contributed by atoms with Crippen molar-refractivity contribution in [1.29, 1.82) is 0 Å². The molecule has 2 heterocycles. The van der Waals surface area contributed by atoms with Crippen LogP contribution in [0.25, 0.3) is 0 Å². The lowest BCUT2D eigenvalue weighted by molar-refractivity contribution is -0.137. The van der Waals surface area contributed by atoms with Gasteiger partial charge in [0.15, 0.2) is 20.9 Å². The number of benzene rings is 2. The van der Waals surface area contributed by atoms with Crippen molar-refractivity contribution in [2.45, 2.75) is 29.5 Å². The van der Waals surface area contributed by atoms with E-state index in [1.807, 2.05) is 0 Å². The van der Waals surface area contributed by atoms with Crippen LogP contribution in [0.1, 0.15) is 24.0 Å². The quantitative estimate of drug-likeness (QED) is 0.722. The van der Waals surface area contributed by atoms with Gasteiger partial charge in [-0.25, -0.2) is 0 Å². The molecule has 2 aromatic carbocycles. The van der Waals surface area contributed by atoms with Crippen LogP contribution in [0.5, 0.6) is 0 Å². The highest BCUT2D eigenvalue weighted by molar-refractivity contribution is 7.95. The van der Waals surface area contributed by atoms with Gasteiger partial charge in [0.1, 0.15) is 0 Å². The van der Waals surface area contributed by atoms with Crippen LogP contribution in [0.4, 0.5) is 13.2 Å². The molecule has 4 rings (SSSR count). The van der Waals surface area contributed by atoms with Crippen molar-refractivity contribution in [1.82, 2.24) is 4.31 Å². The molecule has 0 amide bonds. The minimum atomic E-state index is -4.44. The molecule has 0 saturated carbocycles. The average Bonchev–Trinajstić information content (AvgIpc) is 3.30. The van der Waals surface area contributed by atoms with E-state index >= 15 is 0 Å². The maximum Gasteiger partial charge on any atom is 0.416 e. The normalized spacial score (nSPS) is 24.8. The number of hydrogen-bond acceptors (Lipinski definition) is 4. The topological polar surface area (TPSA) is 65.0 Å². The predicted molar refractivity (Wildman–Crippen MR) is 96.1 cm³/mol. The van der Waals surface area contributed by atoms with Gasteiger partial charge in [-0.15, -0.1) is 4.31 Å². The Bertz CT molecular complexity index is 964. The van der Waals surface area contributed by atoms with Crippen molar-refractivity contribution in [2.75, 3.05) is 13.1 Å². The minimum Gasteiger partial charge on any atom is -0.593 e. The van der Waals surface area contributed by atoms with E-state index in [4.69, 9.17) is 4.84 Å². The molecule has 1 spiro atoms. The number of hydrogen-bond donors (Lipinski definition) is 0. The van der Waals surface area contributed by atoms with Crippen molar-refractivity contribution >= 4 is 16.1 Å². The number of oxime groups is 1. The van der Waals surface area contributed by atoms with Gasteiger partial charge in [0.25, 0.3) is 0 Å². The van der Waals surface area contributed by atoms with E-state index in [0.717, 1.165) is 12.1 Å². The van der Waals surface area contributed by atoms with E-state index in [0.29, 0.717) is 17.7 Å². The molecule has 9 heteroatoms.